The number of ether oxygens (including phenoxy) is 1. The first-order chi connectivity index (χ1) is 15.9. The highest BCUT2D eigenvalue weighted by Gasteiger charge is 2.24. The number of aromatic nitrogens is 3. The third-order valence-corrected chi connectivity index (χ3v) is 4.88. The van der Waals surface area contributed by atoms with Gasteiger partial charge in [-0.3, -0.25) is 19.8 Å². The van der Waals surface area contributed by atoms with Gasteiger partial charge < -0.3 is 10.1 Å². The summed E-state index contributed by atoms with van der Waals surface area (Å²) in [5.41, 5.74) is 3.95. The summed E-state index contributed by atoms with van der Waals surface area (Å²) in [5, 5.41) is 8.19. The van der Waals surface area contributed by atoms with Gasteiger partial charge in [-0.2, -0.15) is 5.10 Å². The van der Waals surface area contributed by atoms with Gasteiger partial charge in [-0.1, -0.05) is 11.6 Å². The van der Waals surface area contributed by atoms with Gasteiger partial charge in [0, 0.05) is 17.9 Å². The van der Waals surface area contributed by atoms with Gasteiger partial charge in [0.15, 0.2) is 6.61 Å². The molecule has 0 unspecified atom stereocenters. The predicted molar refractivity (Wildman–Crippen MR) is 117 cm³/mol. The van der Waals surface area contributed by atoms with Gasteiger partial charge in [-0.05, 0) is 42.5 Å². The first kappa shape index (κ1) is 22.0. The van der Waals surface area contributed by atoms with E-state index >= 15 is 0 Å². The minimum absolute atomic E-state index is 0.107. The lowest BCUT2D eigenvalue weighted by Gasteiger charge is -2.27. The monoisotopic (exact) mass is 468 g/mol. The standard InChI is InChI=1S/C21H17ClN6O5/c22-14-3-6-17(27-12-23-11-24-27)16(9-14)25-19(30)10-33-21(32)13-1-4-15(5-2-13)28-20(31)8-7-18(29)26-28/h1-6,9,11-12H,7-8,10H2,(H,25,30)(H,26,29). The highest BCUT2D eigenvalue weighted by Crippen LogP contribution is 2.24. The number of halogens is 1. The molecule has 0 spiro atoms. The number of hydrogen-bond donors (Lipinski definition) is 2. The van der Waals surface area contributed by atoms with Crippen LogP contribution in [0.15, 0.2) is 55.1 Å². The molecule has 0 saturated carbocycles. The number of rotatable bonds is 6. The molecule has 33 heavy (non-hydrogen) atoms. The molecule has 0 radical (unpaired) electrons. The zero-order valence-electron chi connectivity index (χ0n) is 17.0. The van der Waals surface area contributed by atoms with Crippen molar-refractivity contribution in [3.8, 4) is 5.69 Å². The summed E-state index contributed by atoms with van der Waals surface area (Å²) >= 11 is 6.03. The topological polar surface area (TPSA) is 136 Å². The lowest BCUT2D eigenvalue weighted by Crippen LogP contribution is -2.50. The second kappa shape index (κ2) is 9.49. The number of carbonyl (C=O) groups is 4. The second-order valence-corrected chi connectivity index (χ2v) is 7.37. The fraction of sp³-hybridized carbons (Fsp3) is 0.143. The van der Waals surface area contributed by atoms with Crippen LogP contribution in [0.2, 0.25) is 5.02 Å². The van der Waals surface area contributed by atoms with Crippen LogP contribution in [0.4, 0.5) is 11.4 Å². The van der Waals surface area contributed by atoms with E-state index in [2.05, 4.69) is 20.8 Å². The largest absolute Gasteiger partial charge is 0.452 e. The molecule has 12 heteroatoms. The maximum atomic E-state index is 12.3. The molecule has 1 fully saturated rings. The smallest absolute Gasteiger partial charge is 0.338 e. The van der Waals surface area contributed by atoms with E-state index in [1.165, 1.54) is 47.7 Å². The van der Waals surface area contributed by atoms with Crippen molar-refractivity contribution in [2.75, 3.05) is 16.9 Å². The molecule has 1 aromatic heterocycles. The van der Waals surface area contributed by atoms with Crippen molar-refractivity contribution in [1.82, 2.24) is 20.2 Å². The lowest BCUT2D eigenvalue weighted by atomic mass is 10.2. The molecule has 3 aromatic rings. The van der Waals surface area contributed by atoms with E-state index in [1.807, 2.05) is 0 Å². The number of anilines is 2. The molecule has 3 amide bonds. The number of amides is 3. The third-order valence-electron chi connectivity index (χ3n) is 4.65. The molecule has 168 valence electrons. The number of nitrogens with zero attached hydrogens (tertiary/aromatic N) is 4. The molecule has 1 saturated heterocycles. The van der Waals surface area contributed by atoms with Crippen molar-refractivity contribution in [2.45, 2.75) is 12.8 Å². The summed E-state index contributed by atoms with van der Waals surface area (Å²) in [6.45, 7) is -0.537. The Morgan fingerprint density at radius 1 is 1.12 bits per heavy atom. The first-order valence-corrected chi connectivity index (χ1v) is 10.1. The van der Waals surface area contributed by atoms with E-state index in [0.717, 1.165) is 5.01 Å². The molecular formula is C21H17ClN6O5. The van der Waals surface area contributed by atoms with Crippen LogP contribution in [0.3, 0.4) is 0 Å². The van der Waals surface area contributed by atoms with E-state index in [1.54, 1.807) is 12.1 Å². The average Bonchev–Trinajstić information content (AvgIpc) is 3.34. The minimum atomic E-state index is -0.728. The molecule has 2 heterocycles. The van der Waals surface area contributed by atoms with Crippen LogP contribution in [0, 0.1) is 0 Å². The molecule has 4 rings (SSSR count). The van der Waals surface area contributed by atoms with Crippen molar-refractivity contribution >= 4 is 46.7 Å². The second-order valence-electron chi connectivity index (χ2n) is 6.94. The van der Waals surface area contributed by atoms with Gasteiger partial charge in [-0.15, -0.1) is 0 Å². The summed E-state index contributed by atoms with van der Waals surface area (Å²) in [7, 11) is 0. The number of nitrogens with one attached hydrogen (secondary N) is 2. The molecule has 11 nitrogen and oxygen atoms in total. The fourth-order valence-corrected chi connectivity index (χ4v) is 3.24. The summed E-state index contributed by atoms with van der Waals surface area (Å²) in [4.78, 5) is 52.0. The molecule has 1 aliphatic heterocycles. The number of benzene rings is 2. The summed E-state index contributed by atoms with van der Waals surface area (Å²) in [6.07, 6.45) is 3.06. The molecule has 0 bridgehead atoms. The highest BCUT2D eigenvalue weighted by molar-refractivity contribution is 6.31. The van der Waals surface area contributed by atoms with Crippen LogP contribution in [0.25, 0.3) is 5.69 Å². The van der Waals surface area contributed by atoms with E-state index < -0.39 is 18.5 Å². The molecule has 2 N–H and O–H groups in total. The van der Waals surface area contributed by atoms with E-state index in [-0.39, 0.29) is 30.2 Å². The Kier molecular flexibility index (Phi) is 6.31. The Morgan fingerprint density at radius 3 is 2.64 bits per heavy atom. The molecular weight excluding hydrogens is 452 g/mol. The Labute approximate surface area is 192 Å². The number of carbonyl (C=O) groups excluding carboxylic acids is 4. The quantitative estimate of drug-likeness (QED) is 0.527. The predicted octanol–water partition coefficient (Wildman–Crippen LogP) is 1.87. The van der Waals surface area contributed by atoms with Crippen LogP contribution < -0.4 is 15.8 Å². The third kappa shape index (κ3) is 5.15. The molecule has 0 aliphatic carbocycles. The molecule has 1 aliphatic rings. The number of hydrazine groups is 1. The zero-order valence-corrected chi connectivity index (χ0v) is 17.8. The zero-order chi connectivity index (χ0) is 23.4. The van der Waals surface area contributed by atoms with Crippen molar-refractivity contribution in [1.29, 1.82) is 0 Å². The van der Waals surface area contributed by atoms with Crippen LogP contribution >= 0.6 is 11.6 Å². The average molecular weight is 469 g/mol. The minimum Gasteiger partial charge on any atom is -0.452 e. The summed E-state index contributed by atoms with van der Waals surface area (Å²) in [6, 6.07) is 10.7. The summed E-state index contributed by atoms with van der Waals surface area (Å²) < 4.78 is 6.53. The Hall–Kier alpha value is -4.25. The highest BCUT2D eigenvalue weighted by atomic mass is 35.5. The first-order valence-electron chi connectivity index (χ1n) is 9.75. The van der Waals surface area contributed by atoms with Crippen LogP contribution in [-0.4, -0.2) is 45.1 Å². The molecule has 2 aromatic carbocycles. The Bertz CT molecular complexity index is 1210. The van der Waals surface area contributed by atoms with Crippen LogP contribution in [0.5, 0.6) is 0 Å². The van der Waals surface area contributed by atoms with Crippen molar-refractivity contribution in [3.05, 3.63) is 65.7 Å². The fourth-order valence-electron chi connectivity index (χ4n) is 3.07. The van der Waals surface area contributed by atoms with Gasteiger partial charge in [-0.25, -0.2) is 19.5 Å². The van der Waals surface area contributed by atoms with Gasteiger partial charge in [0.2, 0.25) is 11.8 Å². The van der Waals surface area contributed by atoms with Gasteiger partial charge in [0.25, 0.3) is 5.91 Å². The van der Waals surface area contributed by atoms with E-state index in [0.29, 0.717) is 22.1 Å². The van der Waals surface area contributed by atoms with Crippen molar-refractivity contribution < 1.29 is 23.9 Å². The lowest BCUT2D eigenvalue weighted by molar-refractivity contribution is -0.130. The van der Waals surface area contributed by atoms with Crippen LogP contribution in [0.1, 0.15) is 23.2 Å². The molecule has 0 atom stereocenters. The van der Waals surface area contributed by atoms with Gasteiger partial charge >= 0.3 is 5.97 Å². The van der Waals surface area contributed by atoms with E-state index in [9.17, 15) is 19.2 Å². The maximum absolute atomic E-state index is 12.3. The van der Waals surface area contributed by atoms with Crippen molar-refractivity contribution in [2.24, 2.45) is 0 Å². The SMILES string of the molecule is O=C(COC(=O)c1ccc(N2NC(=O)CCC2=O)cc1)Nc1cc(Cl)ccc1-n1cncn1. The van der Waals surface area contributed by atoms with Crippen LogP contribution in [-0.2, 0) is 19.1 Å². The van der Waals surface area contributed by atoms with Gasteiger partial charge in [0.1, 0.15) is 12.7 Å². The Balaban J connectivity index is 1.36. The summed E-state index contributed by atoms with van der Waals surface area (Å²) in [5.74, 6) is -1.83. The van der Waals surface area contributed by atoms with Crippen molar-refractivity contribution in [3.63, 3.8) is 0 Å². The van der Waals surface area contributed by atoms with E-state index in [4.69, 9.17) is 16.3 Å². The Morgan fingerprint density at radius 2 is 1.91 bits per heavy atom. The normalized spacial score (nSPS) is 13.4. The number of hydrogen-bond acceptors (Lipinski definition) is 7. The van der Waals surface area contributed by atoms with Gasteiger partial charge in [0.05, 0.1) is 22.6 Å². The number of esters is 1. The maximum Gasteiger partial charge on any atom is 0.338 e.